The predicted molar refractivity (Wildman–Crippen MR) is 95.0 cm³/mol. The van der Waals surface area contributed by atoms with Gasteiger partial charge in [0.25, 0.3) is 0 Å². The van der Waals surface area contributed by atoms with Crippen molar-refractivity contribution in [1.82, 2.24) is 9.88 Å². The number of pyridine rings is 1. The zero-order valence-corrected chi connectivity index (χ0v) is 14.7. The lowest BCUT2D eigenvalue weighted by Gasteiger charge is -2.27. The van der Waals surface area contributed by atoms with E-state index in [1.54, 1.807) is 12.5 Å². The second kappa shape index (κ2) is 6.79. The van der Waals surface area contributed by atoms with Gasteiger partial charge in [-0.1, -0.05) is 11.8 Å². The van der Waals surface area contributed by atoms with Gasteiger partial charge in [-0.2, -0.15) is 5.26 Å². The fraction of sp³-hybridized carbons (Fsp3) is 0.263. The third kappa shape index (κ3) is 3.09. The summed E-state index contributed by atoms with van der Waals surface area (Å²) in [5.74, 6) is 2.24. The van der Waals surface area contributed by atoms with Crippen molar-refractivity contribution in [3.05, 3.63) is 59.4 Å². The fourth-order valence-corrected chi connectivity index (χ4v) is 4.02. The van der Waals surface area contributed by atoms with Gasteiger partial charge in [0.15, 0.2) is 0 Å². The van der Waals surface area contributed by atoms with E-state index in [1.165, 1.54) is 11.8 Å². The highest BCUT2D eigenvalue weighted by molar-refractivity contribution is 7.98. The average Bonchev–Trinajstić information content (AvgIpc) is 3.32. The van der Waals surface area contributed by atoms with Crippen LogP contribution >= 0.6 is 11.8 Å². The summed E-state index contributed by atoms with van der Waals surface area (Å²) in [6.07, 6.45) is 4.18. The molecular formula is C19H17N3O2S. The van der Waals surface area contributed by atoms with E-state index >= 15 is 0 Å². The first-order valence-electron chi connectivity index (χ1n) is 8.09. The second-order valence-electron chi connectivity index (χ2n) is 6.04. The van der Waals surface area contributed by atoms with Gasteiger partial charge in [-0.3, -0.25) is 0 Å². The molecule has 0 aromatic carbocycles. The van der Waals surface area contributed by atoms with Crippen molar-refractivity contribution in [2.24, 2.45) is 0 Å². The maximum atomic E-state index is 9.84. The minimum atomic E-state index is 0.584. The number of aromatic nitrogens is 1. The van der Waals surface area contributed by atoms with E-state index in [9.17, 15) is 5.26 Å². The highest BCUT2D eigenvalue weighted by atomic mass is 32.2. The summed E-state index contributed by atoms with van der Waals surface area (Å²) in [5.41, 5.74) is 3.62. The van der Waals surface area contributed by atoms with Crippen molar-refractivity contribution >= 4 is 11.8 Å². The van der Waals surface area contributed by atoms with Gasteiger partial charge in [-0.05, 0) is 31.3 Å². The molecule has 25 heavy (non-hydrogen) atoms. The number of thioether (sulfide) groups is 1. The third-order valence-corrected chi connectivity index (χ3v) is 5.32. The summed E-state index contributed by atoms with van der Waals surface area (Å²) >= 11 is 1.53. The molecule has 5 nitrogen and oxygen atoms in total. The van der Waals surface area contributed by atoms with E-state index < -0.39 is 0 Å². The van der Waals surface area contributed by atoms with Gasteiger partial charge in [0.05, 0.1) is 23.8 Å². The lowest BCUT2D eigenvalue weighted by atomic mass is 9.95. The Balaban J connectivity index is 1.82. The summed E-state index contributed by atoms with van der Waals surface area (Å²) in [4.78, 5) is 7.06. The Kier molecular flexibility index (Phi) is 4.35. The minimum Gasteiger partial charge on any atom is -0.468 e. The van der Waals surface area contributed by atoms with Crippen LogP contribution in [0.3, 0.4) is 0 Å². The first-order valence-corrected chi connectivity index (χ1v) is 9.08. The Morgan fingerprint density at radius 2 is 2.12 bits per heavy atom. The molecule has 4 heterocycles. The van der Waals surface area contributed by atoms with E-state index in [1.807, 2.05) is 24.3 Å². The Labute approximate surface area is 150 Å². The highest BCUT2D eigenvalue weighted by Gasteiger charge is 2.26. The standard InChI is InChI=1S/C19H17N3O2S/c1-22-7-6-16-15(11-22)18(17-5-3-9-24-17)14(10-20)19(21-16)25-12-13-4-2-8-23-13/h2-5,8-9H,6-7,11-12H2,1H3. The van der Waals surface area contributed by atoms with E-state index in [0.29, 0.717) is 11.3 Å². The molecule has 0 fully saturated rings. The molecular weight excluding hydrogens is 334 g/mol. The zero-order valence-electron chi connectivity index (χ0n) is 13.9. The first-order chi connectivity index (χ1) is 12.3. The van der Waals surface area contributed by atoms with Gasteiger partial charge in [0.2, 0.25) is 0 Å². The maximum Gasteiger partial charge on any atom is 0.135 e. The summed E-state index contributed by atoms with van der Waals surface area (Å²) in [6, 6.07) is 9.91. The fourth-order valence-electron chi connectivity index (χ4n) is 3.11. The molecule has 0 unspecified atom stereocenters. The van der Waals surface area contributed by atoms with Gasteiger partial charge in [-0.25, -0.2) is 4.98 Å². The molecule has 4 rings (SSSR count). The summed E-state index contributed by atoms with van der Waals surface area (Å²) in [5, 5.41) is 10.6. The van der Waals surface area contributed by atoms with Crippen molar-refractivity contribution in [2.75, 3.05) is 13.6 Å². The lowest BCUT2D eigenvalue weighted by molar-refractivity contribution is 0.309. The Hall–Kier alpha value is -2.49. The van der Waals surface area contributed by atoms with Crippen molar-refractivity contribution in [3.8, 4) is 17.4 Å². The molecule has 1 aliphatic heterocycles. The number of fused-ring (bicyclic) bond motifs is 1. The quantitative estimate of drug-likeness (QED) is 0.660. The molecule has 3 aromatic heterocycles. The van der Waals surface area contributed by atoms with Crippen LogP contribution in [0.15, 0.2) is 50.7 Å². The first kappa shape index (κ1) is 16.0. The van der Waals surface area contributed by atoms with Crippen LogP contribution in [0, 0.1) is 11.3 Å². The number of rotatable bonds is 4. The smallest absolute Gasteiger partial charge is 0.135 e. The molecule has 0 saturated heterocycles. The van der Waals surface area contributed by atoms with Crippen LogP contribution in [0.4, 0.5) is 0 Å². The Bertz CT molecular complexity index is 911. The van der Waals surface area contributed by atoms with E-state index in [4.69, 9.17) is 13.8 Å². The van der Waals surface area contributed by atoms with Crippen molar-refractivity contribution in [3.63, 3.8) is 0 Å². The molecule has 126 valence electrons. The molecule has 0 N–H and O–H groups in total. The molecule has 6 heteroatoms. The molecule has 0 spiro atoms. The normalized spacial score (nSPS) is 14.2. The molecule has 0 amide bonds. The second-order valence-corrected chi connectivity index (χ2v) is 7.00. The number of likely N-dealkylation sites (N-methyl/N-ethyl adjacent to an activating group) is 1. The van der Waals surface area contributed by atoms with E-state index in [2.05, 4.69) is 18.0 Å². The SMILES string of the molecule is CN1CCc2nc(SCc3ccco3)c(C#N)c(-c3ccco3)c2C1. The van der Waals surface area contributed by atoms with Crippen molar-refractivity contribution in [1.29, 1.82) is 5.26 Å². The van der Waals surface area contributed by atoms with Crippen LogP contribution in [0.25, 0.3) is 11.3 Å². The molecule has 1 aliphatic rings. The molecule has 0 radical (unpaired) electrons. The van der Waals surface area contributed by atoms with Crippen LogP contribution in [-0.2, 0) is 18.7 Å². The van der Waals surface area contributed by atoms with Crippen LogP contribution in [0.1, 0.15) is 22.6 Å². The Morgan fingerprint density at radius 1 is 1.28 bits per heavy atom. The lowest BCUT2D eigenvalue weighted by Crippen LogP contribution is -2.28. The average molecular weight is 351 g/mol. The van der Waals surface area contributed by atoms with E-state index in [0.717, 1.165) is 52.9 Å². The van der Waals surface area contributed by atoms with Gasteiger partial charge in [-0.15, -0.1) is 0 Å². The molecule has 3 aromatic rings. The molecule has 0 bridgehead atoms. The van der Waals surface area contributed by atoms with Crippen LogP contribution in [0.2, 0.25) is 0 Å². The summed E-state index contributed by atoms with van der Waals surface area (Å²) in [7, 11) is 2.08. The third-order valence-electron chi connectivity index (χ3n) is 4.32. The maximum absolute atomic E-state index is 9.84. The van der Waals surface area contributed by atoms with E-state index in [-0.39, 0.29) is 0 Å². The van der Waals surface area contributed by atoms with Crippen LogP contribution in [-0.4, -0.2) is 23.5 Å². The summed E-state index contributed by atoms with van der Waals surface area (Å²) in [6.45, 7) is 1.74. The molecule has 0 aliphatic carbocycles. The molecule has 0 atom stereocenters. The minimum absolute atomic E-state index is 0.584. The summed E-state index contributed by atoms with van der Waals surface area (Å²) < 4.78 is 11.0. The number of nitriles is 1. The Morgan fingerprint density at radius 3 is 2.84 bits per heavy atom. The predicted octanol–water partition coefficient (Wildman–Crippen LogP) is 4.09. The van der Waals surface area contributed by atoms with Crippen LogP contribution in [0.5, 0.6) is 0 Å². The largest absolute Gasteiger partial charge is 0.468 e. The van der Waals surface area contributed by atoms with Crippen LogP contribution < -0.4 is 0 Å². The topological polar surface area (TPSA) is 66.2 Å². The van der Waals surface area contributed by atoms with Gasteiger partial charge in [0, 0.05) is 36.3 Å². The molecule has 0 saturated carbocycles. The number of furan rings is 2. The monoisotopic (exact) mass is 351 g/mol. The van der Waals surface area contributed by atoms with Gasteiger partial charge >= 0.3 is 0 Å². The number of nitrogens with zero attached hydrogens (tertiary/aromatic N) is 3. The van der Waals surface area contributed by atoms with Gasteiger partial charge in [0.1, 0.15) is 22.6 Å². The number of hydrogen-bond acceptors (Lipinski definition) is 6. The van der Waals surface area contributed by atoms with Gasteiger partial charge < -0.3 is 13.7 Å². The highest BCUT2D eigenvalue weighted by Crippen LogP contribution is 2.38. The van der Waals surface area contributed by atoms with Crippen molar-refractivity contribution < 1.29 is 8.83 Å². The zero-order chi connectivity index (χ0) is 17.2. The van der Waals surface area contributed by atoms with Crippen molar-refractivity contribution in [2.45, 2.75) is 23.7 Å². The number of hydrogen-bond donors (Lipinski definition) is 0.